The van der Waals surface area contributed by atoms with Crippen LogP contribution in [0.25, 0.3) is 0 Å². The third kappa shape index (κ3) is 6.32. The van der Waals surface area contributed by atoms with Crippen LogP contribution >= 0.6 is 0 Å². The normalized spacial score (nSPS) is 20.0. The Balaban J connectivity index is 2.12. The number of allylic oxidation sites excluding steroid dienone is 9. The second kappa shape index (κ2) is 11.4. The number of hydrogen-bond donors (Lipinski definition) is 1. The van der Waals surface area contributed by atoms with Gasteiger partial charge in [-0.1, -0.05) is 55.0 Å². The maximum absolute atomic E-state index is 11.6. The van der Waals surface area contributed by atoms with E-state index in [0.29, 0.717) is 38.4 Å². The maximum Gasteiger partial charge on any atom is 0.273 e. The lowest BCUT2D eigenvalue weighted by molar-refractivity contribution is -0.428. The molecule has 1 aliphatic heterocycles. The monoisotopic (exact) mass is 385 g/mol. The van der Waals surface area contributed by atoms with E-state index in [1.54, 1.807) is 0 Å². The van der Waals surface area contributed by atoms with Crippen molar-refractivity contribution in [3.63, 3.8) is 0 Å². The van der Waals surface area contributed by atoms with Gasteiger partial charge in [-0.05, 0) is 25.6 Å². The number of nitrogens with zero attached hydrogens (tertiary/aromatic N) is 2. The van der Waals surface area contributed by atoms with Gasteiger partial charge in [0.1, 0.15) is 5.70 Å². The Morgan fingerprint density at radius 2 is 2.07 bits per heavy atom. The summed E-state index contributed by atoms with van der Waals surface area (Å²) in [6.07, 6.45) is 16.5. The molecule has 0 amide bonds. The van der Waals surface area contributed by atoms with E-state index in [2.05, 4.69) is 36.2 Å². The lowest BCUT2D eigenvalue weighted by Gasteiger charge is -2.29. The summed E-state index contributed by atoms with van der Waals surface area (Å²) in [5.41, 5.74) is 3.29. The van der Waals surface area contributed by atoms with Crippen molar-refractivity contribution in [2.45, 2.75) is 20.3 Å². The molecule has 1 atom stereocenters. The molecule has 1 unspecified atom stereocenters. The highest BCUT2D eigenvalue weighted by Crippen LogP contribution is 2.28. The summed E-state index contributed by atoms with van der Waals surface area (Å²) in [6, 6.07) is 0. The molecule has 1 saturated heterocycles. The van der Waals surface area contributed by atoms with Gasteiger partial charge in [-0.25, -0.2) is 0 Å². The molecule has 0 radical (unpaired) electrons. The summed E-state index contributed by atoms with van der Waals surface area (Å²) >= 11 is 0. The van der Waals surface area contributed by atoms with Crippen LogP contribution < -0.4 is 5.32 Å². The molecule has 1 aliphatic carbocycles. The standard InChI is InChI=1S/C22H31N3O3/c1-18(8-6-4-5-7-13-23-3)19(2)20-9-11-21(22(12-10-20)25(26)27)24-14-16-28-17-15-24/h4-11,19,23H,12-17H2,1-3H3/b6-4-,7-5+,18-8+. The molecule has 0 spiro atoms. The molecule has 2 rings (SSSR count). The van der Waals surface area contributed by atoms with E-state index in [4.69, 9.17) is 4.74 Å². The Labute approximate surface area is 167 Å². The topological polar surface area (TPSA) is 67.6 Å². The molecule has 0 aromatic carbocycles. The van der Waals surface area contributed by atoms with Gasteiger partial charge in [0, 0.05) is 25.6 Å². The minimum atomic E-state index is -0.248. The van der Waals surface area contributed by atoms with Crippen molar-refractivity contribution in [1.82, 2.24) is 10.2 Å². The van der Waals surface area contributed by atoms with E-state index in [-0.39, 0.29) is 16.5 Å². The van der Waals surface area contributed by atoms with E-state index in [1.807, 2.05) is 43.5 Å². The van der Waals surface area contributed by atoms with Crippen molar-refractivity contribution in [2.24, 2.45) is 5.92 Å². The van der Waals surface area contributed by atoms with Crippen molar-refractivity contribution in [2.75, 3.05) is 39.9 Å². The summed E-state index contributed by atoms with van der Waals surface area (Å²) in [5.74, 6) is 0.194. The van der Waals surface area contributed by atoms with E-state index in [0.717, 1.165) is 12.1 Å². The van der Waals surface area contributed by atoms with Crippen LogP contribution in [-0.2, 0) is 4.74 Å². The van der Waals surface area contributed by atoms with E-state index >= 15 is 0 Å². The molecular weight excluding hydrogens is 354 g/mol. The Bertz CT molecular complexity index is 723. The van der Waals surface area contributed by atoms with Gasteiger partial charge in [0.05, 0.1) is 24.6 Å². The van der Waals surface area contributed by atoms with Gasteiger partial charge in [0.2, 0.25) is 0 Å². The van der Waals surface area contributed by atoms with Crippen LogP contribution in [0.3, 0.4) is 0 Å². The fourth-order valence-electron chi connectivity index (χ4n) is 3.18. The SMILES string of the molecule is CNC/C=C/C=C\C=C(/C)C(C)C1=CCC([N+](=O)[O-])=C(N2CCOCC2)C=C1. The number of likely N-dealkylation sites (N-methyl/N-ethyl adjacent to an activating group) is 1. The largest absolute Gasteiger partial charge is 0.378 e. The number of nitrogens with one attached hydrogen (secondary N) is 1. The van der Waals surface area contributed by atoms with Gasteiger partial charge >= 0.3 is 0 Å². The van der Waals surface area contributed by atoms with Crippen molar-refractivity contribution in [3.8, 4) is 0 Å². The first-order chi connectivity index (χ1) is 13.5. The average Bonchev–Trinajstić information content (AvgIpc) is 2.93. The molecule has 0 aromatic rings. The van der Waals surface area contributed by atoms with Gasteiger partial charge < -0.3 is 15.0 Å². The molecule has 1 heterocycles. The van der Waals surface area contributed by atoms with Crippen molar-refractivity contribution >= 4 is 0 Å². The summed E-state index contributed by atoms with van der Waals surface area (Å²) in [4.78, 5) is 13.4. The number of morpholine rings is 1. The first-order valence-electron chi connectivity index (χ1n) is 9.77. The van der Waals surface area contributed by atoms with Gasteiger partial charge in [0.15, 0.2) is 0 Å². The van der Waals surface area contributed by atoms with Crippen LogP contribution in [0.4, 0.5) is 0 Å². The molecule has 0 bridgehead atoms. The van der Waals surface area contributed by atoms with Crippen LogP contribution in [0.5, 0.6) is 0 Å². The van der Waals surface area contributed by atoms with E-state index in [1.165, 1.54) is 5.57 Å². The van der Waals surface area contributed by atoms with E-state index < -0.39 is 0 Å². The zero-order valence-corrected chi connectivity index (χ0v) is 17.1. The average molecular weight is 386 g/mol. The number of hydrogen-bond acceptors (Lipinski definition) is 5. The van der Waals surface area contributed by atoms with Crippen LogP contribution in [0, 0.1) is 16.0 Å². The molecule has 1 fully saturated rings. The highest BCUT2D eigenvalue weighted by molar-refractivity contribution is 5.38. The minimum Gasteiger partial charge on any atom is -0.378 e. The molecule has 0 saturated carbocycles. The molecule has 152 valence electrons. The smallest absolute Gasteiger partial charge is 0.273 e. The van der Waals surface area contributed by atoms with Crippen molar-refractivity contribution < 1.29 is 9.66 Å². The Morgan fingerprint density at radius 1 is 1.32 bits per heavy atom. The zero-order valence-electron chi connectivity index (χ0n) is 17.1. The molecule has 6 nitrogen and oxygen atoms in total. The van der Waals surface area contributed by atoms with Crippen LogP contribution in [0.1, 0.15) is 20.3 Å². The summed E-state index contributed by atoms with van der Waals surface area (Å²) in [5, 5.41) is 14.7. The third-order valence-corrected chi connectivity index (χ3v) is 5.06. The molecule has 0 aromatic heterocycles. The highest BCUT2D eigenvalue weighted by Gasteiger charge is 2.25. The fraction of sp³-hybridized carbons (Fsp3) is 0.455. The first kappa shape index (κ1) is 21.9. The van der Waals surface area contributed by atoms with Gasteiger partial charge in [-0.3, -0.25) is 10.1 Å². The minimum absolute atomic E-state index is 0.194. The van der Waals surface area contributed by atoms with Crippen molar-refractivity contribution in [3.05, 3.63) is 81.3 Å². The summed E-state index contributed by atoms with van der Waals surface area (Å²) < 4.78 is 5.38. The lowest BCUT2D eigenvalue weighted by atomic mass is 9.92. The van der Waals surface area contributed by atoms with Crippen LogP contribution in [0.2, 0.25) is 0 Å². The second-order valence-electron chi connectivity index (χ2n) is 6.93. The predicted molar refractivity (Wildman–Crippen MR) is 113 cm³/mol. The second-order valence-corrected chi connectivity index (χ2v) is 6.93. The van der Waals surface area contributed by atoms with Crippen molar-refractivity contribution in [1.29, 1.82) is 0 Å². The maximum atomic E-state index is 11.6. The Hall–Kier alpha value is -2.44. The first-order valence-corrected chi connectivity index (χ1v) is 9.77. The predicted octanol–water partition coefficient (Wildman–Crippen LogP) is 3.61. The third-order valence-electron chi connectivity index (χ3n) is 5.06. The summed E-state index contributed by atoms with van der Waals surface area (Å²) in [6.45, 7) is 7.67. The van der Waals surface area contributed by atoms with Gasteiger partial charge in [-0.15, -0.1) is 0 Å². The molecule has 2 aliphatic rings. The highest BCUT2D eigenvalue weighted by atomic mass is 16.6. The van der Waals surface area contributed by atoms with Gasteiger partial charge in [-0.2, -0.15) is 0 Å². The van der Waals surface area contributed by atoms with Crippen LogP contribution in [-0.4, -0.2) is 49.7 Å². The number of ether oxygens (including phenoxy) is 1. The zero-order chi connectivity index (χ0) is 20.4. The molecular formula is C22H31N3O3. The molecule has 28 heavy (non-hydrogen) atoms. The lowest BCUT2D eigenvalue weighted by Crippen LogP contribution is -2.36. The Kier molecular flexibility index (Phi) is 8.91. The van der Waals surface area contributed by atoms with Crippen LogP contribution in [0.15, 0.2) is 71.1 Å². The van der Waals surface area contributed by atoms with Gasteiger partial charge in [0.25, 0.3) is 5.70 Å². The molecule has 1 N–H and O–H groups in total. The summed E-state index contributed by atoms with van der Waals surface area (Å²) in [7, 11) is 1.91. The number of rotatable bonds is 8. The number of nitro groups is 1. The Morgan fingerprint density at radius 3 is 2.75 bits per heavy atom. The van der Waals surface area contributed by atoms with E-state index in [9.17, 15) is 10.1 Å². The molecule has 6 heteroatoms. The fourth-order valence-corrected chi connectivity index (χ4v) is 3.18. The quantitative estimate of drug-likeness (QED) is 0.393.